The lowest BCUT2D eigenvalue weighted by Gasteiger charge is -2.08. The Labute approximate surface area is 155 Å². The molecule has 0 spiro atoms. The van der Waals surface area contributed by atoms with Crippen molar-refractivity contribution < 1.29 is 17.6 Å². The van der Waals surface area contributed by atoms with E-state index in [1.165, 1.54) is 19.2 Å². The number of anilines is 1. The maximum atomic E-state index is 12.6. The van der Waals surface area contributed by atoms with Crippen LogP contribution in [0.15, 0.2) is 76.3 Å². The normalized spacial score (nSPS) is 11.4. The van der Waals surface area contributed by atoms with E-state index in [-0.39, 0.29) is 4.90 Å². The van der Waals surface area contributed by atoms with E-state index in [0.29, 0.717) is 28.4 Å². The van der Waals surface area contributed by atoms with Gasteiger partial charge >= 0.3 is 0 Å². The average Bonchev–Trinajstić information content (AvgIpc) is 3.12. The number of nitrogens with one attached hydrogen (secondary N) is 1. The first-order chi connectivity index (χ1) is 13.0. The van der Waals surface area contributed by atoms with Gasteiger partial charge in [-0.05, 0) is 54.6 Å². The van der Waals surface area contributed by atoms with Gasteiger partial charge in [-0.25, -0.2) is 13.4 Å². The van der Waals surface area contributed by atoms with Crippen LogP contribution in [0, 0.1) is 0 Å². The minimum absolute atomic E-state index is 0.140. The fourth-order valence-corrected chi connectivity index (χ4v) is 3.63. The SMILES string of the molecule is COc1ccc(S(=O)(=O)Nc2ccc3oc(-c4ccncc4)nc3c2)cc1. The zero-order chi connectivity index (χ0) is 18.9. The zero-order valence-corrected chi connectivity index (χ0v) is 15.1. The molecule has 136 valence electrons. The predicted molar refractivity (Wildman–Crippen MR) is 101 cm³/mol. The third-order valence-electron chi connectivity index (χ3n) is 3.94. The number of methoxy groups -OCH3 is 1. The second kappa shape index (κ2) is 6.73. The summed E-state index contributed by atoms with van der Waals surface area (Å²) in [5.74, 6) is 1.03. The summed E-state index contributed by atoms with van der Waals surface area (Å²) in [7, 11) is -2.20. The lowest BCUT2D eigenvalue weighted by molar-refractivity contribution is 0.414. The van der Waals surface area contributed by atoms with Crippen molar-refractivity contribution in [2.45, 2.75) is 4.90 Å². The van der Waals surface area contributed by atoms with Gasteiger partial charge in [0.25, 0.3) is 10.0 Å². The number of pyridine rings is 1. The number of hydrogen-bond donors (Lipinski definition) is 1. The Morgan fingerprint density at radius 2 is 1.74 bits per heavy atom. The highest BCUT2D eigenvalue weighted by atomic mass is 32.2. The molecule has 0 aliphatic carbocycles. The van der Waals surface area contributed by atoms with Gasteiger partial charge in [-0.3, -0.25) is 9.71 Å². The minimum Gasteiger partial charge on any atom is -0.497 e. The van der Waals surface area contributed by atoms with E-state index in [0.717, 1.165) is 5.56 Å². The highest BCUT2D eigenvalue weighted by Crippen LogP contribution is 2.27. The van der Waals surface area contributed by atoms with Crippen molar-refractivity contribution in [3.63, 3.8) is 0 Å². The van der Waals surface area contributed by atoms with Crippen LogP contribution in [0.25, 0.3) is 22.6 Å². The van der Waals surface area contributed by atoms with Crippen LogP contribution in [-0.2, 0) is 10.0 Å². The average molecular weight is 381 g/mol. The smallest absolute Gasteiger partial charge is 0.261 e. The van der Waals surface area contributed by atoms with Gasteiger partial charge in [0.2, 0.25) is 5.89 Å². The third-order valence-corrected chi connectivity index (χ3v) is 5.33. The van der Waals surface area contributed by atoms with Gasteiger partial charge in [-0.2, -0.15) is 0 Å². The first-order valence-corrected chi connectivity index (χ1v) is 9.51. The minimum atomic E-state index is -3.72. The summed E-state index contributed by atoms with van der Waals surface area (Å²) in [6.45, 7) is 0. The van der Waals surface area contributed by atoms with Crippen molar-refractivity contribution in [2.24, 2.45) is 0 Å². The molecule has 8 heteroatoms. The first kappa shape index (κ1) is 17.0. The second-order valence-corrected chi connectivity index (χ2v) is 7.40. The Bertz CT molecular complexity index is 1190. The summed E-state index contributed by atoms with van der Waals surface area (Å²) in [5.41, 5.74) is 2.31. The predicted octanol–water partition coefficient (Wildman–Crippen LogP) is 3.70. The lowest BCUT2D eigenvalue weighted by atomic mass is 10.3. The van der Waals surface area contributed by atoms with E-state index in [9.17, 15) is 8.42 Å². The monoisotopic (exact) mass is 381 g/mol. The number of aromatic nitrogens is 2. The summed E-state index contributed by atoms with van der Waals surface area (Å²) in [6.07, 6.45) is 3.30. The Morgan fingerprint density at radius 1 is 1.00 bits per heavy atom. The molecule has 2 heterocycles. The van der Waals surface area contributed by atoms with Crippen LogP contribution in [0.3, 0.4) is 0 Å². The van der Waals surface area contributed by atoms with E-state index < -0.39 is 10.0 Å². The summed E-state index contributed by atoms with van der Waals surface area (Å²) in [6, 6.07) is 14.7. The molecular weight excluding hydrogens is 366 g/mol. The topological polar surface area (TPSA) is 94.3 Å². The quantitative estimate of drug-likeness (QED) is 0.566. The number of rotatable bonds is 5. The molecule has 2 aromatic heterocycles. The Balaban J connectivity index is 1.63. The van der Waals surface area contributed by atoms with Crippen LogP contribution >= 0.6 is 0 Å². The Hall–Kier alpha value is -3.39. The van der Waals surface area contributed by atoms with Gasteiger partial charge in [0, 0.05) is 18.0 Å². The van der Waals surface area contributed by atoms with Crippen molar-refractivity contribution in [2.75, 3.05) is 11.8 Å². The molecule has 0 amide bonds. The number of benzene rings is 2. The molecule has 4 rings (SSSR count). The van der Waals surface area contributed by atoms with Gasteiger partial charge in [-0.15, -0.1) is 0 Å². The van der Waals surface area contributed by atoms with Crippen LogP contribution in [0.4, 0.5) is 5.69 Å². The Morgan fingerprint density at radius 3 is 2.44 bits per heavy atom. The summed E-state index contributed by atoms with van der Waals surface area (Å²) < 4.78 is 38.4. The number of ether oxygens (including phenoxy) is 1. The molecule has 0 atom stereocenters. The maximum Gasteiger partial charge on any atom is 0.261 e. The molecule has 4 aromatic rings. The molecule has 0 aliphatic rings. The fraction of sp³-hybridized carbons (Fsp3) is 0.0526. The molecule has 0 saturated carbocycles. The van der Waals surface area contributed by atoms with Gasteiger partial charge < -0.3 is 9.15 Å². The van der Waals surface area contributed by atoms with E-state index in [2.05, 4.69) is 14.7 Å². The summed E-state index contributed by atoms with van der Waals surface area (Å²) in [5, 5.41) is 0. The molecule has 0 radical (unpaired) electrons. The van der Waals surface area contributed by atoms with Crippen molar-refractivity contribution in [3.05, 3.63) is 67.0 Å². The van der Waals surface area contributed by atoms with Gasteiger partial charge in [0.15, 0.2) is 5.58 Å². The molecule has 0 fully saturated rings. The maximum absolute atomic E-state index is 12.6. The molecule has 27 heavy (non-hydrogen) atoms. The van der Waals surface area contributed by atoms with Crippen molar-refractivity contribution >= 4 is 26.8 Å². The summed E-state index contributed by atoms with van der Waals surface area (Å²) >= 11 is 0. The van der Waals surface area contributed by atoms with Crippen LogP contribution < -0.4 is 9.46 Å². The molecule has 1 N–H and O–H groups in total. The van der Waals surface area contributed by atoms with E-state index in [1.54, 1.807) is 54.9 Å². The fourth-order valence-electron chi connectivity index (χ4n) is 2.58. The first-order valence-electron chi connectivity index (χ1n) is 8.03. The zero-order valence-electron chi connectivity index (χ0n) is 14.3. The molecule has 0 aliphatic heterocycles. The van der Waals surface area contributed by atoms with Crippen LogP contribution in [0.2, 0.25) is 0 Å². The van der Waals surface area contributed by atoms with Gasteiger partial charge in [0.1, 0.15) is 11.3 Å². The van der Waals surface area contributed by atoms with Gasteiger partial charge in [0.05, 0.1) is 17.7 Å². The number of hydrogen-bond acceptors (Lipinski definition) is 6. The third kappa shape index (κ3) is 3.47. The number of oxazole rings is 1. The number of nitrogens with zero attached hydrogens (tertiary/aromatic N) is 2. The molecule has 0 saturated heterocycles. The molecule has 7 nitrogen and oxygen atoms in total. The van der Waals surface area contributed by atoms with E-state index in [1.807, 2.05) is 0 Å². The van der Waals surface area contributed by atoms with Crippen molar-refractivity contribution in [1.82, 2.24) is 9.97 Å². The number of sulfonamides is 1. The van der Waals surface area contributed by atoms with Crippen LogP contribution in [0.1, 0.15) is 0 Å². The molecule has 0 bridgehead atoms. The van der Waals surface area contributed by atoms with Crippen molar-refractivity contribution in [1.29, 1.82) is 0 Å². The molecule has 2 aromatic carbocycles. The van der Waals surface area contributed by atoms with E-state index >= 15 is 0 Å². The van der Waals surface area contributed by atoms with Crippen LogP contribution in [-0.4, -0.2) is 25.5 Å². The van der Waals surface area contributed by atoms with Crippen LogP contribution in [0.5, 0.6) is 5.75 Å². The second-order valence-electron chi connectivity index (χ2n) is 5.72. The highest BCUT2D eigenvalue weighted by Gasteiger charge is 2.15. The largest absolute Gasteiger partial charge is 0.497 e. The summed E-state index contributed by atoms with van der Waals surface area (Å²) in [4.78, 5) is 8.53. The number of fused-ring (bicyclic) bond motifs is 1. The molecular formula is C19H15N3O4S. The van der Waals surface area contributed by atoms with Crippen molar-refractivity contribution in [3.8, 4) is 17.2 Å². The lowest BCUT2D eigenvalue weighted by Crippen LogP contribution is -2.12. The Kier molecular flexibility index (Phi) is 4.25. The molecule has 0 unspecified atom stereocenters. The van der Waals surface area contributed by atoms with Gasteiger partial charge in [-0.1, -0.05) is 0 Å². The highest BCUT2D eigenvalue weighted by molar-refractivity contribution is 7.92. The standard InChI is InChI=1S/C19H15N3O4S/c1-25-15-3-5-16(6-4-15)27(23,24)22-14-2-7-18-17(12-14)21-19(26-18)13-8-10-20-11-9-13/h2-12,22H,1H3. The van der Waals surface area contributed by atoms with E-state index in [4.69, 9.17) is 9.15 Å².